The number of guanidine groups is 1. The molecule has 0 aliphatic carbocycles. The van der Waals surface area contributed by atoms with Crippen LogP contribution in [-0.4, -0.2) is 43.7 Å². The van der Waals surface area contributed by atoms with E-state index >= 15 is 0 Å². The van der Waals surface area contributed by atoms with Crippen molar-refractivity contribution >= 4 is 17.3 Å². The fraction of sp³-hybridized carbons (Fsp3) is 0.381. The first-order valence-corrected chi connectivity index (χ1v) is 9.95. The van der Waals surface area contributed by atoms with Gasteiger partial charge in [0.25, 0.3) is 5.69 Å². The maximum atomic E-state index is 12.3. The summed E-state index contributed by atoms with van der Waals surface area (Å²) in [6, 6.07) is 13.2. The van der Waals surface area contributed by atoms with Crippen LogP contribution < -0.4 is 20.3 Å². The predicted octanol–water partition coefficient (Wildman–Crippen LogP) is 3.53. The summed E-state index contributed by atoms with van der Waals surface area (Å²) < 4.78 is 29.0. The van der Waals surface area contributed by atoms with Gasteiger partial charge in [-0.1, -0.05) is 12.1 Å². The molecule has 2 N–H and O–H groups in total. The highest BCUT2D eigenvalue weighted by molar-refractivity contribution is 5.80. The molecule has 1 saturated heterocycles. The Labute approximate surface area is 179 Å². The molecule has 1 aliphatic heterocycles. The number of nitrogens with zero attached hydrogens (tertiary/aromatic N) is 3. The average Bonchev–Trinajstić information content (AvgIpc) is 2.77. The summed E-state index contributed by atoms with van der Waals surface area (Å²) in [5, 5.41) is 17.5. The Balaban J connectivity index is 1.54. The molecule has 1 aliphatic rings. The molecular formula is C21H25F2N5O3. The van der Waals surface area contributed by atoms with Crippen molar-refractivity contribution in [3.05, 3.63) is 64.2 Å². The van der Waals surface area contributed by atoms with Gasteiger partial charge in [-0.25, -0.2) is 0 Å². The molecule has 1 heterocycles. The maximum Gasteiger partial charge on any atom is 0.387 e. The number of nitro groups is 1. The first-order chi connectivity index (χ1) is 14.9. The summed E-state index contributed by atoms with van der Waals surface area (Å²) in [7, 11) is 1.67. The van der Waals surface area contributed by atoms with Gasteiger partial charge in [0, 0.05) is 50.5 Å². The number of halogens is 2. The number of nitro benzene ring substituents is 1. The highest BCUT2D eigenvalue weighted by Gasteiger charge is 2.21. The quantitative estimate of drug-likeness (QED) is 0.300. The molecule has 0 amide bonds. The zero-order valence-corrected chi connectivity index (χ0v) is 17.1. The van der Waals surface area contributed by atoms with E-state index in [1.54, 1.807) is 25.2 Å². The van der Waals surface area contributed by atoms with Crippen molar-refractivity contribution in [1.29, 1.82) is 0 Å². The molecule has 0 radical (unpaired) electrons. The highest BCUT2D eigenvalue weighted by Crippen LogP contribution is 2.24. The van der Waals surface area contributed by atoms with Crippen molar-refractivity contribution in [2.45, 2.75) is 32.0 Å². The van der Waals surface area contributed by atoms with Gasteiger partial charge in [0.2, 0.25) is 0 Å². The minimum absolute atomic E-state index is 0.0511. The number of rotatable bonds is 7. The van der Waals surface area contributed by atoms with E-state index in [2.05, 4.69) is 25.3 Å². The molecule has 2 aromatic rings. The number of nitrogens with one attached hydrogen (secondary N) is 2. The van der Waals surface area contributed by atoms with Gasteiger partial charge < -0.3 is 20.3 Å². The lowest BCUT2D eigenvalue weighted by Crippen LogP contribution is -2.51. The number of hydrogen-bond donors (Lipinski definition) is 2. The molecule has 2 aromatic carbocycles. The van der Waals surface area contributed by atoms with Crippen LogP contribution in [0.4, 0.5) is 20.2 Å². The summed E-state index contributed by atoms with van der Waals surface area (Å²) in [5.74, 6) is 0.746. The van der Waals surface area contributed by atoms with Crippen LogP contribution in [0.3, 0.4) is 0 Å². The Morgan fingerprint density at radius 3 is 2.77 bits per heavy atom. The number of aliphatic imine (C=N–C) groups is 1. The Bertz CT molecular complexity index is 908. The normalized spacial score (nSPS) is 16.8. The molecule has 0 bridgehead atoms. The third kappa shape index (κ3) is 6.53. The van der Waals surface area contributed by atoms with Crippen LogP contribution in [0, 0.1) is 10.1 Å². The predicted molar refractivity (Wildman–Crippen MR) is 115 cm³/mol. The first-order valence-electron chi connectivity index (χ1n) is 9.95. The summed E-state index contributed by atoms with van der Waals surface area (Å²) in [6.07, 6.45) is 1.93. The second-order valence-electron chi connectivity index (χ2n) is 7.15. The zero-order valence-electron chi connectivity index (χ0n) is 17.1. The smallest absolute Gasteiger partial charge is 0.387 e. The fourth-order valence-corrected chi connectivity index (χ4v) is 3.52. The Morgan fingerprint density at radius 2 is 2.10 bits per heavy atom. The minimum atomic E-state index is -2.84. The van der Waals surface area contributed by atoms with Crippen LogP contribution in [0.5, 0.6) is 5.75 Å². The molecule has 1 fully saturated rings. The summed E-state index contributed by atoms with van der Waals surface area (Å²) >= 11 is 0. The van der Waals surface area contributed by atoms with E-state index in [1.807, 2.05) is 6.07 Å². The lowest BCUT2D eigenvalue weighted by Gasteiger charge is -2.35. The van der Waals surface area contributed by atoms with Crippen molar-refractivity contribution in [3.63, 3.8) is 0 Å². The molecule has 166 valence electrons. The van der Waals surface area contributed by atoms with Crippen LogP contribution in [-0.2, 0) is 6.54 Å². The molecule has 0 spiro atoms. The van der Waals surface area contributed by atoms with Gasteiger partial charge in [-0.2, -0.15) is 8.78 Å². The van der Waals surface area contributed by atoms with Crippen molar-refractivity contribution in [2.24, 2.45) is 4.99 Å². The molecule has 0 aromatic heterocycles. The molecule has 3 rings (SSSR count). The average molecular weight is 433 g/mol. The summed E-state index contributed by atoms with van der Waals surface area (Å²) in [6.45, 7) is -0.834. The third-order valence-corrected chi connectivity index (χ3v) is 4.99. The number of ether oxygens (including phenoxy) is 1. The number of non-ortho nitro benzene ring substituents is 1. The van der Waals surface area contributed by atoms with E-state index < -0.39 is 11.5 Å². The van der Waals surface area contributed by atoms with Crippen LogP contribution >= 0.6 is 0 Å². The third-order valence-electron chi connectivity index (χ3n) is 4.99. The van der Waals surface area contributed by atoms with Crippen molar-refractivity contribution < 1.29 is 18.4 Å². The number of hydrogen-bond acceptors (Lipinski definition) is 5. The molecule has 0 saturated carbocycles. The minimum Gasteiger partial charge on any atom is -0.435 e. The van der Waals surface area contributed by atoms with E-state index in [1.165, 1.54) is 24.3 Å². The van der Waals surface area contributed by atoms with E-state index in [9.17, 15) is 18.9 Å². The molecule has 1 unspecified atom stereocenters. The van der Waals surface area contributed by atoms with Gasteiger partial charge in [0.05, 0.1) is 4.92 Å². The van der Waals surface area contributed by atoms with Crippen molar-refractivity contribution in [3.8, 4) is 5.75 Å². The van der Waals surface area contributed by atoms with Gasteiger partial charge in [0.15, 0.2) is 5.96 Å². The second-order valence-corrected chi connectivity index (χ2v) is 7.15. The molecule has 10 heteroatoms. The Hall–Kier alpha value is -3.43. The van der Waals surface area contributed by atoms with Crippen LogP contribution in [0.1, 0.15) is 18.4 Å². The Kier molecular flexibility index (Phi) is 7.58. The largest absolute Gasteiger partial charge is 0.435 e. The number of benzene rings is 2. The van der Waals surface area contributed by atoms with Gasteiger partial charge in [-0.3, -0.25) is 15.1 Å². The summed E-state index contributed by atoms with van der Waals surface area (Å²) in [4.78, 5) is 16.9. The van der Waals surface area contributed by atoms with Crippen LogP contribution in [0.25, 0.3) is 0 Å². The molecule has 1 atom stereocenters. The topological polar surface area (TPSA) is 92.0 Å². The van der Waals surface area contributed by atoms with E-state index in [0.717, 1.165) is 37.2 Å². The zero-order chi connectivity index (χ0) is 22.2. The lowest BCUT2D eigenvalue weighted by atomic mass is 10.0. The van der Waals surface area contributed by atoms with Crippen LogP contribution in [0.15, 0.2) is 53.5 Å². The number of anilines is 1. The standard InChI is InChI=1S/C21H25F2N5O3/c1-24-21(25-13-15-4-2-6-18(12-15)28(29)30)26-16-5-3-11-27(14-16)17-7-9-19(10-8-17)31-20(22)23/h2,4,6-10,12,16,20H,3,5,11,13-14H2,1H3,(H2,24,25,26). The highest BCUT2D eigenvalue weighted by atomic mass is 19.3. The molecule has 8 nitrogen and oxygen atoms in total. The van der Waals surface area contributed by atoms with E-state index in [-0.39, 0.29) is 17.5 Å². The van der Waals surface area contributed by atoms with E-state index in [4.69, 9.17) is 0 Å². The monoisotopic (exact) mass is 433 g/mol. The number of piperidine rings is 1. The second kappa shape index (κ2) is 10.6. The fourth-order valence-electron chi connectivity index (χ4n) is 3.52. The maximum absolute atomic E-state index is 12.3. The van der Waals surface area contributed by atoms with Gasteiger partial charge in [-0.05, 0) is 42.7 Å². The van der Waals surface area contributed by atoms with Gasteiger partial charge in [-0.15, -0.1) is 0 Å². The molecule has 31 heavy (non-hydrogen) atoms. The number of alkyl halides is 2. The summed E-state index contributed by atoms with van der Waals surface area (Å²) in [5.41, 5.74) is 1.77. The van der Waals surface area contributed by atoms with Crippen molar-refractivity contribution in [1.82, 2.24) is 10.6 Å². The first kappa shape index (κ1) is 22.3. The van der Waals surface area contributed by atoms with Gasteiger partial charge >= 0.3 is 6.61 Å². The Morgan fingerprint density at radius 1 is 1.32 bits per heavy atom. The lowest BCUT2D eigenvalue weighted by molar-refractivity contribution is -0.384. The van der Waals surface area contributed by atoms with E-state index in [0.29, 0.717) is 12.5 Å². The van der Waals surface area contributed by atoms with Crippen LogP contribution in [0.2, 0.25) is 0 Å². The molecular weight excluding hydrogens is 408 g/mol. The SMILES string of the molecule is CN=C(NCc1cccc([N+](=O)[O-])c1)NC1CCCN(c2ccc(OC(F)F)cc2)C1. The van der Waals surface area contributed by atoms with Crippen molar-refractivity contribution in [2.75, 3.05) is 25.0 Å². The van der Waals surface area contributed by atoms with Gasteiger partial charge in [0.1, 0.15) is 5.75 Å².